The highest BCUT2D eigenvalue weighted by molar-refractivity contribution is 5.78. The third-order valence-electron chi connectivity index (χ3n) is 4.13. The molecule has 18 heavy (non-hydrogen) atoms. The zero-order valence-corrected chi connectivity index (χ0v) is 12.3. The molecule has 1 rings (SSSR count). The summed E-state index contributed by atoms with van der Waals surface area (Å²) in [6, 6.07) is 0.262. The Kier molecular flexibility index (Phi) is 7.33. The Labute approximate surface area is 112 Å². The van der Waals surface area contributed by atoms with Crippen LogP contribution in [0.2, 0.25) is 0 Å². The Hall–Kier alpha value is -0.570. The van der Waals surface area contributed by atoms with Crippen molar-refractivity contribution in [1.29, 1.82) is 0 Å². The van der Waals surface area contributed by atoms with Crippen molar-refractivity contribution in [1.82, 2.24) is 10.6 Å². The van der Waals surface area contributed by atoms with Crippen LogP contribution in [0.4, 0.5) is 0 Å². The lowest BCUT2D eigenvalue weighted by atomic mass is 9.87. The first-order chi connectivity index (χ1) is 8.59. The summed E-state index contributed by atoms with van der Waals surface area (Å²) in [6.45, 7) is 7.76. The molecule has 0 saturated heterocycles. The topological polar surface area (TPSA) is 41.1 Å². The van der Waals surface area contributed by atoms with Gasteiger partial charge in [0.25, 0.3) is 0 Å². The van der Waals surface area contributed by atoms with Gasteiger partial charge in [0.2, 0.25) is 5.91 Å². The maximum absolute atomic E-state index is 11.6. The molecule has 0 spiro atoms. The van der Waals surface area contributed by atoms with Crippen LogP contribution in [0.1, 0.15) is 59.3 Å². The maximum atomic E-state index is 11.6. The Morgan fingerprint density at radius 2 is 1.83 bits per heavy atom. The van der Waals surface area contributed by atoms with Crippen LogP contribution in [-0.4, -0.2) is 25.0 Å². The van der Waals surface area contributed by atoms with Gasteiger partial charge in [-0.3, -0.25) is 4.79 Å². The van der Waals surface area contributed by atoms with E-state index in [9.17, 15) is 4.79 Å². The molecule has 0 heterocycles. The molecule has 0 aliphatic heterocycles. The van der Waals surface area contributed by atoms with E-state index in [1.54, 1.807) is 0 Å². The molecule has 0 bridgehead atoms. The van der Waals surface area contributed by atoms with Crippen LogP contribution in [0.15, 0.2) is 0 Å². The molecule has 0 radical (unpaired) electrons. The number of rotatable bonds is 7. The van der Waals surface area contributed by atoms with Gasteiger partial charge in [0, 0.05) is 6.04 Å². The minimum atomic E-state index is 0.125. The smallest absolute Gasteiger partial charge is 0.234 e. The lowest BCUT2D eigenvalue weighted by Gasteiger charge is -2.21. The Morgan fingerprint density at radius 1 is 1.17 bits per heavy atom. The van der Waals surface area contributed by atoms with Crippen molar-refractivity contribution in [2.24, 2.45) is 11.8 Å². The first-order valence-corrected chi connectivity index (χ1v) is 7.59. The summed E-state index contributed by atoms with van der Waals surface area (Å²) in [7, 11) is 0. The molecule has 1 aliphatic carbocycles. The second kappa shape index (κ2) is 8.52. The maximum Gasteiger partial charge on any atom is 0.234 e. The van der Waals surface area contributed by atoms with Crippen LogP contribution in [0.25, 0.3) is 0 Å². The Balaban J connectivity index is 2.01. The summed E-state index contributed by atoms with van der Waals surface area (Å²) < 4.78 is 0. The summed E-state index contributed by atoms with van der Waals surface area (Å²) in [5.41, 5.74) is 0. The van der Waals surface area contributed by atoms with E-state index in [1.165, 1.54) is 38.5 Å². The Morgan fingerprint density at radius 3 is 2.44 bits per heavy atom. The van der Waals surface area contributed by atoms with E-state index in [-0.39, 0.29) is 11.9 Å². The van der Waals surface area contributed by atoms with Gasteiger partial charge in [0.05, 0.1) is 6.54 Å². The third kappa shape index (κ3) is 6.39. The average molecular weight is 254 g/mol. The highest BCUT2D eigenvalue weighted by Gasteiger charge is 2.13. The molecule has 1 amide bonds. The fourth-order valence-corrected chi connectivity index (χ4v) is 2.46. The predicted molar refractivity (Wildman–Crippen MR) is 76.5 cm³/mol. The summed E-state index contributed by atoms with van der Waals surface area (Å²) >= 11 is 0. The summed E-state index contributed by atoms with van der Waals surface area (Å²) in [5, 5.41) is 6.28. The number of amides is 1. The molecule has 0 aromatic rings. The first-order valence-electron chi connectivity index (χ1n) is 7.59. The van der Waals surface area contributed by atoms with Crippen molar-refractivity contribution in [3.05, 3.63) is 0 Å². The fraction of sp³-hybridized carbons (Fsp3) is 0.933. The van der Waals surface area contributed by atoms with Gasteiger partial charge >= 0.3 is 0 Å². The first kappa shape index (κ1) is 15.5. The molecule has 1 unspecified atom stereocenters. The van der Waals surface area contributed by atoms with Crippen LogP contribution in [0.5, 0.6) is 0 Å². The van der Waals surface area contributed by atoms with E-state index in [0.29, 0.717) is 12.5 Å². The van der Waals surface area contributed by atoms with Crippen LogP contribution < -0.4 is 10.6 Å². The quantitative estimate of drug-likeness (QED) is 0.686. The highest BCUT2D eigenvalue weighted by atomic mass is 16.1. The van der Waals surface area contributed by atoms with Crippen LogP contribution in [-0.2, 0) is 4.79 Å². The lowest BCUT2D eigenvalue weighted by Crippen LogP contribution is -2.41. The van der Waals surface area contributed by atoms with Gasteiger partial charge in [-0.15, -0.1) is 0 Å². The molecular weight excluding hydrogens is 224 g/mol. The molecule has 1 atom stereocenters. The average Bonchev–Trinajstić information content (AvgIpc) is 2.35. The molecule has 0 aromatic heterocycles. The molecule has 1 fully saturated rings. The standard InChI is InChI=1S/C15H30N2O/c1-12(2)13(3)17-15(18)11-16-10-9-14-7-5-4-6-8-14/h12-14,16H,4-11H2,1-3H3,(H,17,18). The third-order valence-corrected chi connectivity index (χ3v) is 4.13. The largest absolute Gasteiger partial charge is 0.352 e. The van der Waals surface area contributed by atoms with E-state index in [1.807, 2.05) is 0 Å². The zero-order chi connectivity index (χ0) is 13.4. The molecule has 106 valence electrons. The minimum Gasteiger partial charge on any atom is -0.352 e. The van der Waals surface area contributed by atoms with Crippen molar-refractivity contribution in [3.8, 4) is 0 Å². The molecule has 2 N–H and O–H groups in total. The Bertz CT molecular complexity index is 235. The monoisotopic (exact) mass is 254 g/mol. The lowest BCUT2D eigenvalue weighted by molar-refractivity contribution is -0.121. The van der Waals surface area contributed by atoms with Gasteiger partial charge in [-0.2, -0.15) is 0 Å². The van der Waals surface area contributed by atoms with Crippen LogP contribution >= 0.6 is 0 Å². The molecular formula is C15H30N2O. The van der Waals surface area contributed by atoms with Crippen molar-refractivity contribution in [2.75, 3.05) is 13.1 Å². The predicted octanol–water partition coefficient (Wildman–Crippen LogP) is 2.71. The van der Waals surface area contributed by atoms with Crippen LogP contribution in [0.3, 0.4) is 0 Å². The summed E-state index contributed by atoms with van der Waals surface area (Å²) in [5.74, 6) is 1.51. The van der Waals surface area contributed by atoms with E-state index >= 15 is 0 Å². The van der Waals surface area contributed by atoms with Crippen molar-refractivity contribution in [3.63, 3.8) is 0 Å². The van der Waals surface area contributed by atoms with Gasteiger partial charge < -0.3 is 10.6 Å². The molecule has 1 aliphatic rings. The van der Waals surface area contributed by atoms with E-state index in [2.05, 4.69) is 31.4 Å². The van der Waals surface area contributed by atoms with E-state index in [0.717, 1.165) is 12.5 Å². The van der Waals surface area contributed by atoms with Crippen LogP contribution in [0, 0.1) is 11.8 Å². The fourth-order valence-electron chi connectivity index (χ4n) is 2.46. The minimum absolute atomic E-state index is 0.125. The second-order valence-corrected chi connectivity index (χ2v) is 6.07. The number of hydrogen-bond donors (Lipinski definition) is 2. The molecule has 3 heteroatoms. The van der Waals surface area contributed by atoms with Crippen molar-refractivity contribution >= 4 is 5.91 Å². The van der Waals surface area contributed by atoms with Gasteiger partial charge in [0.15, 0.2) is 0 Å². The number of carbonyl (C=O) groups excluding carboxylic acids is 1. The normalized spacial score (nSPS) is 18.9. The van der Waals surface area contributed by atoms with E-state index in [4.69, 9.17) is 0 Å². The highest BCUT2D eigenvalue weighted by Crippen LogP contribution is 2.25. The second-order valence-electron chi connectivity index (χ2n) is 6.07. The summed E-state index contributed by atoms with van der Waals surface area (Å²) in [4.78, 5) is 11.6. The summed E-state index contributed by atoms with van der Waals surface area (Å²) in [6.07, 6.45) is 8.22. The number of hydrogen-bond acceptors (Lipinski definition) is 2. The van der Waals surface area contributed by atoms with Crippen molar-refractivity contribution in [2.45, 2.75) is 65.3 Å². The van der Waals surface area contributed by atoms with Gasteiger partial charge in [-0.1, -0.05) is 46.0 Å². The number of carbonyl (C=O) groups is 1. The molecule has 1 saturated carbocycles. The SMILES string of the molecule is CC(C)C(C)NC(=O)CNCCC1CCCCC1. The number of nitrogens with one attached hydrogen (secondary N) is 2. The molecule has 3 nitrogen and oxygen atoms in total. The van der Waals surface area contributed by atoms with E-state index < -0.39 is 0 Å². The van der Waals surface area contributed by atoms with Gasteiger partial charge in [0.1, 0.15) is 0 Å². The van der Waals surface area contributed by atoms with Crippen molar-refractivity contribution < 1.29 is 4.79 Å². The molecule has 0 aromatic carbocycles. The zero-order valence-electron chi connectivity index (χ0n) is 12.3. The van der Waals surface area contributed by atoms with Gasteiger partial charge in [-0.05, 0) is 31.7 Å². The van der Waals surface area contributed by atoms with Gasteiger partial charge in [-0.25, -0.2) is 0 Å².